The molecule has 0 bridgehead atoms. The molecule has 0 aliphatic heterocycles. The summed E-state index contributed by atoms with van der Waals surface area (Å²) in [7, 11) is 1.72. The van der Waals surface area contributed by atoms with E-state index in [0.29, 0.717) is 0 Å². The van der Waals surface area contributed by atoms with Crippen LogP contribution in [0.25, 0.3) is 0 Å². The van der Waals surface area contributed by atoms with Gasteiger partial charge in [-0.15, -0.1) is 0 Å². The number of ether oxygens (including phenoxy) is 1. The summed E-state index contributed by atoms with van der Waals surface area (Å²) in [5.74, 6) is 0.927. The lowest BCUT2D eigenvalue weighted by Crippen LogP contribution is -2.25. The molecule has 2 aromatic rings. The minimum Gasteiger partial charge on any atom is -0.496 e. The predicted octanol–water partition coefficient (Wildman–Crippen LogP) is 2.55. The summed E-state index contributed by atoms with van der Waals surface area (Å²) in [5.41, 5.74) is 2.43. The fourth-order valence-electron chi connectivity index (χ4n) is 2.25. The second-order valence-corrected chi connectivity index (χ2v) is 4.62. The first kappa shape index (κ1) is 13.6. The molecule has 0 fully saturated rings. The number of benzene rings is 1. The third-order valence-corrected chi connectivity index (χ3v) is 3.16. The molecule has 0 saturated carbocycles. The maximum absolute atomic E-state index is 5.48. The van der Waals surface area contributed by atoms with Gasteiger partial charge in [-0.3, -0.25) is 0 Å². The smallest absolute Gasteiger partial charge is 0.123 e. The summed E-state index contributed by atoms with van der Waals surface area (Å²) in [6.07, 6.45) is 5.62. The van der Waals surface area contributed by atoms with Gasteiger partial charge in [0.15, 0.2) is 0 Å². The molecular formula is C15H21N3O. The minimum absolute atomic E-state index is 0.217. The van der Waals surface area contributed by atoms with E-state index < -0.39 is 0 Å². The SMILES string of the molecule is CCNC(Cn1ccnc1)c1cc(C)ccc1OC. The van der Waals surface area contributed by atoms with Gasteiger partial charge in [-0.05, 0) is 19.5 Å². The lowest BCUT2D eigenvalue weighted by atomic mass is 10.0. The lowest BCUT2D eigenvalue weighted by molar-refractivity contribution is 0.390. The van der Waals surface area contributed by atoms with Gasteiger partial charge in [0.2, 0.25) is 0 Å². The molecule has 1 N–H and O–H groups in total. The van der Waals surface area contributed by atoms with Gasteiger partial charge >= 0.3 is 0 Å². The van der Waals surface area contributed by atoms with Crippen LogP contribution in [0.15, 0.2) is 36.9 Å². The highest BCUT2D eigenvalue weighted by molar-refractivity contribution is 5.39. The Bertz CT molecular complexity index is 508. The lowest BCUT2D eigenvalue weighted by Gasteiger charge is -2.21. The van der Waals surface area contributed by atoms with Crippen LogP contribution in [0.1, 0.15) is 24.1 Å². The average molecular weight is 259 g/mol. The van der Waals surface area contributed by atoms with E-state index in [0.717, 1.165) is 18.8 Å². The first-order valence-electron chi connectivity index (χ1n) is 6.58. The summed E-state index contributed by atoms with van der Waals surface area (Å²) in [6.45, 7) is 5.97. The summed E-state index contributed by atoms with van der Waals surface area (Å²) in [4.78, 5) is 4.09. The van der Waals surface area contributed by atoms with Crippen molar-refractivity contribution in [2.24, 2.45) is 0 Å². The molecule has 1 heterocycles. The van der Waals surface area contributed by atoms with Gasteiger partial charge in [0.25, 0.3) is 0 Å². The van der Waals surface area contributed by atoms with Gasteiger partial charge in [-0.1, -0.05) is 24.6 Å². The monoisotopic (exact) mass is 259 g/mol. The summed E-state index contributed by atoms with van der Waals surface area (Å²) >= 11 is 0. The van der Waals surface area contributed by atoms with Crippen LogP contribution in [0.4, 0.5) is 0 Å². The Morgan fingerprint density at radius 1 is 1.42 bits per heavy atom. The standard InChI is InChI=1S/C15H21N3O/c1-4-17-14(10-18-8-7-16-11-18)13-9-12(2)5-6-15(13)19-3/h5-9,11,14,17H,4,10H2,1-3H3. The molecule has 0 amide bonds. The van der Waals surface area contributed by atoms with Crippen LogP contribution in [0.2, 0.25) is 0 Å². The fraction of sp³-hybridized carbons (Fsp3) is 0.400. The van der Waals surface area contributed by atoms with Gasteiger partial charge in [0.05, 0.1) is 19.5 Å². The van der Waals surface area contributed by atoms with Gasteiger partial charge in [-0.25, -0.2) is 4.98 Å². The van der Waals surface area contributed by atoms with E-state index >= 15 is 0 Å². The van der Waals surface area contributed by atoms with E-state index in [-0.39, 0.29) is 6.04 Å². The number of aromatic nitrogens is 2. The van der Waals surface area contributed by atoms with Crippen molar-refractivity contribution in [3.63, 3.8) is 0 Å². The predicted molar refractivity (Wildman–Crippen MR) is 76.4 cm³/mol. The van der Waals surface area contributed by atoms with E-state index in [9.17, 15) is 0 Å². The fourth-order valence-corrected chi connectivity index (χ4v) is 2.25. The van der Waals surface area contributed by atoms with Crippen LogP contribution < -0.4 is 10.1 Å². The van der Waals surface area contributed by atoms with Crippen LogP contribution in [0.5, 0.6) is 5.75 Å². The molecule has 1 aromatic carbocycles. The molecule has 1 aromatic heterocycles. The van der Waals surface area contributed by atoms with Crippen molar-refractivity contribution in [1.82, 2.24) is 14.9 Å². The summed E-state index contributed by atoms with van der Waals surface area (Å²) in [6, 6.07) is 6.50. The van der Waals surface area contributed by atoms with Gasteiger partial charge in [0.1, 0.15) is 5.75 Å². The van der Waals surface area contributed by atoms with Crippen molar-refractivity contribution in [2.75, 3.05) is 13.7 Å². The Kier molecular flexibility index (Phi) is 4.58. The Morgan fingerprint density at radius 2 is 2.26 bits per heavy atom. The normalized spacial score (nSPS) is 12.4. The zero-order valence-corrected chi connectivity index (χ0v) is 11.8. The highest BCUT2D eigenvalue weighted by Crippen LogP contribution is 2.27. The largest absolute Gasteiger partial charge is 0.496 e. The Balaban J connectivity index is 2.29. The first-order chi connectivity index (χ1) is 9.24. The molecule has 4 heteroatoms. The van der Waals surface area contributed by atoms with E-state index in [1.54, 1.807) is 13.3 Å². The van der Waals surface area contributed by atoms with Crippen molar-refractivity contribution >= 4 is 0 Å². The number of methoxy groups -OCH3 is 1. The average Bonchev–Trinajstić information content (AvgIpc) is 2.91. The zero-order chi connectivity index (χ0) is 13.7. The maximum atomic E-state index is 5.48. The summed E-state index contributed by atoms with van der Waals surface area (Å²) < 4.78 is 7.56. The van der Waals surface area contributed by atoms with Gasteiger partial charge < -0.3 is 14.6 Å². The van der Waals surface area contributed by atoms with Gasteiger partial charge in [0, 0.05) is 24.5 Å². The number of imidazole rings is 1. The first-order valence-corrected chi connectivity index (χ1v) is 6.58. The molecule has 1 unspecified atom stereocenters. The molecule has 19 heavy (non-hydrogen) atoms. The van der Waals surface area contributed by atoms with Crippen LogP contribution in [0.3, 0.4) is 0 Å². The van der Waals surface area contributed by atoms with Crippen LogP contribution in [-0.4, -0.2) is 23.2 Å². The van der Waals surface area contributed by atoms with Crippen molar-refractivity contribution in [1.29, 1.82) is 0 Å². The molecule has 0 spiro atoms. The number of hydrogen-bond acceptors (Lipinski definition) is 3. The Hall–Kier alpha value is -1.81. The van der Waals surface area contributed by atoms with Crippen molar-refractivity contribution in [3.05, 3.63) is 48.0 Å². The van der Waals surface area contributed by atoms with Crippen LogP contribution in [0, 0.1) is 6.92 Å². The summed E-state index contributed by atoms with van der Waals surface area (Å²) in [5, 5.41) is 3.51. The van der Waals surface area contributed by atoms with E-state index in [1.165, 1.54) is 11.1 Å². The number of nitrogens with one attached hydrogen (secondary N) is 1. The number of aryl methyl sites for hydroxylation is 1. The second-order valence-electron chi connectivity index (χ2n) is 4.62. The third-order valence-electron chi connectivity index (χ3n) is 3.16. The molecule has 0 radical (unpaired) electrons. The van der Waals surface area contributed by atoms with Crippen molar-refractivity contribution < 1.29 is 4.74 Å². The third kappa shape index (κ3) is 3.35. The zero-order valence-electron chi connectivity index (χ0n) is 11.8. The second kappa shape index (κ2) is 6.38. The van der Waals surface area contributed by atoms with Gasteiger partial charge in [-0.2, -0.15) is 0 Å². The van der Waals surface area contributed by atoms with Crippen LogP contribution in [-0.2, 0) is 6.54 Å². The number of nitrogens with zero attached hydrogens (tertiary/aromatic N) is 2. The quantitative estimate of drug-likeness (QED) is 0.866. The van der Waals surface area contributed by atoms with Crippen LogP contribution >= 0.6 is 0 Å². The highest BCUT2D eigenvalue weighted by atomic mass is 16.5. The minimum atomic E-state index is 0.217. The molecule has 4 nitrogen and oxygen atoms in total. The van der Waals surface area contributed by atoms with Crippen molar-refractivity contribution in [3.8, 4) is 5.75 Å². The maximum Gasteiger partial charge on any atom is 0.123 e. The highest BCUT2D eigenvalue weighted by Gasteiger charge is 2.15. The molecule has 2 rings (SSSR count). The Labute approximate surface area is 114 Å². The molecule has 0 saturated heterocycles. The molecular weight excluding hydrogens is 238 g/mol. The number of rotatable bonds is 6. The molecule has 102 valence electrons. The van der Waals surface area contributed by atoms with Crippen molar-refractivity contribution in [2.45, 2.75) is 26.4 Å². The number of hydrogen-bond donors (Lipinski definition) is 1. The number of likely N-dealkylation sites (N-methyl/N-ethyl adjacent to an activating group) is 1. The Morgan fingerprint density at radius 3 is 2.89 bits per heavy atom. The van der Waals surface area contributed by atoms with E-state index in [2.05, 4.69) is 40.8 Å². The van der Waals surface area contributed by atoms with E-state index in [4.69, 9.17) is 4.74 Å². The topological polar surface area (TPSA) is 39.1 Å². The molecule has 0 aliphatic carbocycles. The van der Waals surface area contributed by atoms with E-state index in [1.807, 2.05) is 18.6 Å². The molecule has 1 atom stereocenters. The molecule has 0 aliphatic rings.